The topological polar surface area (TPSA) is 45.2 Å². The van der Waals surface area contributed by atoms with E-state index in [-0.39, 0.29) is 5.97 Å². The molecule has 0 amide bonds. The number of carbonyl (C=O) groups excluding carboxylic acids is 1. The second-order valence-corrected chi connectivity index (χ2v) is 10.3. The standard InChI is InChI=1S/C29H38F3N3O3/c1-21-17-22(7-9-27(21)37-2)19-33-12-11-26(23(20-33)8-10-28(36)38-3)35-15-13-34(14-16-35)25-6-4-5-24(18-25)29(30,31)32/h4-7,9,17-18,23,26H,8,10-16,19-20H2,1-3H3/t23-,26+/m1/s1. The average molecular weight is 534 g/mol. The lowest BCUT2D eigenvalue weighted by atomic mass is 9.86. The Hall–Kier alpha value is -2.78. The number of benzene rings is 2. The monoisotopic (exact) mass is 533 g/mol. The first-order chi connectivity index (χ1) is 18.2. The number of piperidine rings is 1. The summed E-state index contributed by atoms with van der Waals surface area (Å²) in [7, 11) is 3.10. The molecule has 9 heteroatoms. The van der Waals surface area contributed by atoms with E-state index in [0.29, 0.717) is 37.2 Å². The molecule has 38 heavy (non-hydrogen) atoms. The molecule has 2 atom stereocenters. The van der Waals surface area contributed by atoms with Crippen LogP contribution in [0.3, 0.4) is 0 Å². The highest BCUT2D eigenvalue weighted by Crippen LogP contribution is 2.33. The number of anilines is 1. The smallest absolute Gasteiger partial charge is 0.416 e. The second kappa shape index (κ2) is 12.4. The summed E-state index contributed by atoms with van der Waals surface area (Å²) in [5, 5.41) is 0. The minimum Gasteiger partial charge on any atom is -0.496 e. The lowest BCUT2D eigenvalue weighted by Crippen LogP contribution is -2.56. The van der Waals surface area contributed by atoms with E-state index in [2.05, 4.69) is 21.9 Å². The molecule has 2 fully saturated rings. The predicted molar refractivity (Wildman–Crippen MR) is 141 cm³/mol. The molecule has 6 nitrogen and oxygen atoms in total. The van der Waals surface area contributed by atoms with Crippen LogP contribution in [0.2, 0.25) is 0 Å². The third-order valence-corrected chi connectivity index (χ3v) is 7.91. The number of carbonyl (C=O) groups is 1. The van der Waals surface area contributed by atoms with Crippen molar-refractivity contribution in [3.05, 3.63) is 59.2 Å². The number of alkyl halides is 3. The van der Waals surface area contributed by atoms with Gasteiger partial charge in [-0.05, 0) is 67.6 Å². The highest BCUT2D eigenvalue weighted by Gasteiger charge is 2.36. The summed E-state index contributed by atoms with van der Waals surface area (Å²) in [6.45, 7) is 7.66. The SMILES string of the molecule is COC(=O)CC[C@@H]1CN(Cc2ccc(OC)c(C)c2)CC[C@@H]1N1CCN(c2cccc(C(F)(F)F)c2)CC1. The summed E-state index contributed by atoms with van der Waals surface area (Å²) in [6.07, 6.45) is -2.21. The van der Waals surface area contributed by atoms with Gasteiger partial charge in [0.2, 0.25) is 0 Å². The fraction of sp³-hybridized carbons (Fsp3) is 0.552. The maximum atomic E-state index is 13.2. The molecular formula is C29H38F3N3O3. The van der Waals surface area contributed by atoms with Crippen LogP contribution in [-0.2, 0) is 22.3 Å². The molecule has 2 aromatic rings. The van der Waals surface area contributed by atoms with Crippen molar-refractivity contribution >= 4 is 11.7 Å². The Morgan fingerprint density at radius 3 is 2.45 bits per heavy atom. The molecule has 0 saturated carbocycles. The van der Waals surface area contributed by atoms with Crippen LogP contribution < -0.4 is 9.64 Å². The van der Waals surface area contributed by atoms with Crippen LogP contribution in [0.25, 0.3) is 0 Å². The Morgan fingerprint density at radius 2 is 1.79 bits per heavy atom. The Bertz CT molecular complexity index is 1090. The van der Waals surface area contributed by atoms with E-state index in [0.717, 1.165) is 62.9 Å². The first-order valence-electron chi connectivity index (χ1n) is 13.3. The van der Waals surface area contributed by atoms with Crippen molar-refractivity contribution in [2.45, 2.75) is 44.9 Å². The van der Waals surface area contributed by atoms with Crippen molar-refractivity contribution in [3.63, 3.8) is 0 Å². The van der Waals surface area contributed by atoms with Crippen LogP contribution in [0.4, 0.5) is 18.9 Å². The van der Waals surface area contributed by atoms with Crippen molar-refractivity contribution in [2.75, 3.05) is 58.4 Å². The number of methoxy groups -OCH3 is 2. The van der Waals surface area contributed by atoms with E-state index in [9.17, 15) is 18.0 Å². The van der Waals surface area contributed by atoms with E-state index >= 15 is 0 Å². The lowest BCUT2D eigenvalue weighted by Gasteiger charge is -2.47. The normalized spacial score (nSPS) is 21.4. The van der Waals surface area contributed by atoms with Crippen LogP contribution >= 0.6 is 0 Å². The van der Waals surface area contributed by atoms with E-state index in [1.54, 1.807) is 13.2 Å². The van der Waals surface area contributed by atoms with Crippen LogP contribution in [0, 0.1) is 12.8 Å². The van der Waals surface area contributed by atoms with Crippen molar-refractivity contribution in [2.24, 2.45) is 5.92 Å². The molecule has 2 aromatic carbocycles. The van der Waals surface area contributed by atoms with Crippen LogP contribution in [-0.4, -0.2) is 75.3 Å². The van der Waals surface area contributed by atoms with Gasteiger partial charge >= 0.3 is 12.1 Å². The van der Waals surface area contributed by atoms with Crippen LogP contribution in [0.5, 0.6) is 5.75 Å². The molecule has 0 aromatic heterocycles. The molecule has 0 N–H and O–H groups in total. The summed E-state index contributed by atoms with van der Waals surface area (Å²) in [4.78, 5) is 18.9. The highest BCUT2D eigenvalue weighted by molar-refractivity contribution is 5.69. The number of ether oxygens (including phenoxy) is 2. The first-order valence-corrected chi connectivity index (χ1v) is 13.3. The molecule has 2 aliphatic rings. The van der Waals surface area contributed by atoms with Crippen molar-refractivity contribution in [3.8, 4) is 5.75 Å². The van der Waals surface area contributed by atoms with Gasteiger partial charge in [0.25, 0.3) is 0 Å². The number of hydrogen-bond donors (Lipinski definition) is 0. The summed E-state index contributed by atoms with van der Waals surface area (Å²) in [5.41, 5.74) is 2.36. The number of hydrogen-bond acceptors (Lipinski definition) is 6. The fourth-order valence-electron chi connectivity index (χ4n) is 5.90. The molecule has 0 aliphatic carbocycles. The predicted octanol–water partition coefficient (Wildman–Crippen LogP) is 4.99. The third-order valence-electron chi connectivity index (χ3n) is 7.91. The summed E-state index contributed by atoms with van der Waals surface area (Å²) in [6, 6.07) is 12.2. The van der Waals surface area contributed by atoms with Gasteiger partial charge in [0.15, 0.2) is 0 Å². The quantitative estimate of drug-likeness (QED) is 0.446. The van der Waals surface area contributed by atoms with Crippen LogP contribution in [0.1, 0.15) is 36.0 Å². The van der Waals surface area contributed by atoms with Crippen LogP contribution in [0.15, 0.2) is 42.5 Å². The Balaban J connectivity index is 1.40. The van der Waals surface area contributed by atoms with Gasteiger partial charge in [0, 0.05) is 57.4 Å². The Kier molecular flexibility index (Phi) is 9.20. The van der Waals surface area contributed by atoms with Gasteiger partial charge in [-0.1, -0.05) is 18.2 Å². The van der Waals surface area contributed by atoms with Gasteiger partial charge in [-0.25, -0.2) is 0 Å². The molecule has 0 bridgehead atoms. The van der Waals surface area contributed by atoms with Gasteiger partial charge in [-0.15, -0.1) is 0 Å². The van der Waals surface area contributed by atoms with Gasteiger partial charge in [0.1, 0.15) is 5.75 Å². The van der Waals surface area contributed by atoms with E-state index in [4.69, 9.17) is 9.47 Å². The summed E-state index contributed by atoms with van der Waals surface area (Å²) < 4.78 is 49.9. The Morgan fingerprint density at radius 1 is 1.03 bits per heavy atom. The maximum absolute atomic E-state index is 13.2. The molecule has 0 radical (unpaired) electrons. The van der Waals surface area contributed by atoms with E-state index < -0.39 is 11.7 Å². The van der Waals surface area contributed by atoms with Gasteiger partial charge in [0.05, 0.1) is 19.8 Å². The number of aryl methyl sites for hydroxylation is 1. The maximum Gasteiger partial charge on any atom is 0.416 e. The molecule has 2 aliphatic heterocycles. The average Bonchev–Trinajstić information content (AvgIpc) is 2.91. The number of rotatable bonds is 8. The van der Waals surface area contributed by atoms with Gasteiger partial charge < -0.3 is 14.4 Å². The molecule has 2 heterocycles. The molecule has 208 valence electrons. The van der Waals surface area contributed by atoms with E-state index in [1.807, 2.05) is 17.9 Å². The van der Waals surface area contributed by atoms with Gasteiger partial charge in [-0.3, -0.25) is 14.6 Å². The van der Waals surface area contributed by atoms with E-state index in [1.165, 1.54) is 24.8 Å². The van der Waals surface area contributed by atoms with Crippen molar-refractivity contribution < 1.29 is 27.4 Å². The largest absolute Gasteiger partial charge is 0.496 e. The zero-order valence-corrected chi connectivity index (χ0v) is 22.5. The second-order valence-electron chi connectivity index (χ2n) is 10.3. The lowest BCUT2D eigenvalue weighted by molar-refractivity contribution is -0.141. The fourth-order valence-corrected chi connectivity index (χ4v) is 5.90. The molecule has 0 spiro atoms. The highest BCUT2D eigenvalue weighted by atomic mass is 19.4. The summed E-state index contributed by atoms with van der Waals surface area (Å²) in [5.74, 6) is 0.996. The molecule has 4 rings (SSSR count). The number of likely N-dealkylation sites (tertiary alicyclic amines) is 1. The number of nitrogens with zero attached hydrogens (tertiary/aromatic N) is 3. The van der Waals surface area contributed by atoms with Crippen molar-refractivity contribution in [1.29, 1.82) is 0 Å². The zero-order valence-electron chi connectivity index (χ0n) is 22.5. The van der Waals surface area contributed by atoms with Crippen molar-refractivity contribution in [1.82, 2.24) is 9.80 Å². The minimum absolute atomic E-state index is 0.194. The minimum atomic E-state index is -4.34. The number of esters is 1. The molecule has 0 unspecified atom stereocenters. The first kappa shape index (κ1) is 28.2. The zero-order chi connectivity index (χ0) is 27.3. The number of piperazine rings is 1. The summed E-state index contributed by atoms with van der Waals surface area (Å²) >= 11 is 0. The molecule has 2 saturated heterocycles. The number of halogens is 3. The molecular weight excluding hydrogens is 495 g/mol. The van der Waals surface area contributed by atoms with Gasteiger partial charge in [-0.2, -0.15) is 13.2 Å². The third kappa shape index (κ3) is 6.99. The Labute approximate surface area is 223 Å².